The topological polar surface area (TPSA) is 96.1 Å². The molecule has 0 saturated heterocycles. The minimum atomic E-state index is -0.891. The van der Waals surface area contributed by atoms with Crippen molar-refractivity contribution in [3.63, 3.8) is 0 Å². The number of nitrogen functional groups attached to an aromatic ring is 1. The Labute approximate surface area is 114 Å². The van der Waals surface area contributed by atoms with E-state index < -0.39 is 11.1 Å². The van der Waals surface area contributed by atoms with Crippen LogP contribution in [0.3, 0.4) is 0 Å². The minimum absolute atomic E-state index is 0.532. The molecule has 1 aromatic heterocycles. The molecule has 108 valence electrons. The Morgan fingerprint density at radius 2 is 1.79 bits per heavy atom. The molecule has 0 aliphatic rings. The van der Waals surface area contributed by atoms with Crippen LogP contribution in [-0.4, -0.2) is 26.2 Å². The van der Waals surface area contributed by atoms with E-state index in [9.17, 15) is 5.11 Å². The van der Waals surface area contributed by atoms with E-state index in [0.29, 0.717) is 11.6 Å². The SMILES string of the molecule is CCCc1c(NN)ncnc1NC(C)(C)C(C)(C)O. The van der Waals surface area contributed by atoms with Crippen molar-refractivity contribution in [2.75, 3.05) is 10.7 Å². The monoisotopic (exact) mass is 267 g/mol. The molecule has 6 heteroatoms. The lowest BCUT2D eigenvalue weighted by molar-refractivity contribution is 0.0238. The van der Waals surface area contributed by atoms with E-state index in [1.807, 2.05) is 13.8 Å². The molecule has 0 atom stereocenters. The van der Waals surface area contributed by atoms with Gasteiger partial charge in [-0.05, 0) is 34.1 Å². The van der Waals surface area contributed by atoms with Crippen LogP contribution in [0.4, 0.5) is 11.6 Å². The highest BCUT2D eigenvalue weighted by molar-refractivity contribution is 5.58. The molecule has 0 aliphatic heterocycles. The third kappa shape index (κ3) is 3.54. The molecule has 0 fully saturated rings. The van der Waals surface area contributed by atoms with Crippen LogP contribution in [0.15, 0.2) is 6.33 Å². The Morgan fingerprint density at radius 3 is 2.26 bits per heavy atom. The minimum Gasteiger partial charge on any atom is -0.388 e. The third-order valence-corrected chi connectivity index (χ3v) is 3.54. The molecule has 0 unspecified atom stereocenters. The maximum Gasteiger partial charge on any atom is 0.148 e. The number of hydrazine groups is 1. The number of anilines is 2. The molecule has 0 bridgehead atoms. The van der Waals surface area contributed by atoms with Gasteiger partial charge in [0, 0.05) is 5.56 Å². The lowest BCUT2D eigenvalue weighted by atomic mass is 9.86. The van der Waals surface area contributed by atoms with Crippen molar-refractivity contribution in [2.45, 2.75) is 58.6 Å². The molecule has 0 radical (unpaired) electrons. The second-order valence-electron chi connectivity index (χ2n) is 5.75. The molecule has 1 heterocycles. The number of nitrogens with two attached hydrogens (primary N) is 1. The molecule has 19 heavy (non-hydrogen) atoms. The van der Waals surface area contributed by atoms with E-state index in [-0.39, 0.29) is 0 Å². The Morgan fingerprint density at radius 1 is 1.21 bits per heavy atom. The fraction of sp³-hybridized carbons (Fsp3) is 0.692. The van der Waals surface area contributed by atoms with Crippen LogP contribution in [0.25, 0.3) is 0 Å². The van der Waals surface area contributed by atoms with Crippen LogP contribution in [-0.2, 0) is 6.42 Å². The molecule has 0 amide bonds. The molecule has 0 spiro atoms. The summed E-state index contributed by atoms with van der Waals surface area (Å²) in [4.78, 5) is 8.39. The summed E-state index contributed by atoms with van der Waals surface area (Å²) < 4.78 is 0. The average Bonchev–Trinajstić information content (AvgIpc) is 2.29. The number of nitrogens with one attached hydrogen (secondary N) is 2. The number of rotatable bonds is 6. The van der Waals surface area contributed by atoms with Gasteiger partial charge < -0.3 is 15.8 Å². The van der Waals surface area contributed by atoms with Crippen molar-refractivity contribution in [2.24, 2.45) is 5.84 Å². The highest BCUT2D eigenvalue weighted by Crippen LogP contribution is 2.29. The van der Waals surface area contributed by atoms with Gasteiger partial charge in [-0.3, -0.25) is 0 Å². The van der Waals surface area contributed by atoms with Gasteiger partial charge in [0.25, 0.3) is 0 Å². The Kier molecular flexibility index (Phi) is 4.70. The lowest BCUT2D eigenvalue weighted by Crippen LogP contribution is -2.51. The summed E-state index contributed by atoms with van der Waals surface area (Å²) >= 11 is 0. The summed E-state index contributed by atoms with van der Waals surface area (Å²) in [7, 11) is 0. The largest absolute Gasteiger partial charge is 0.388 e. The predicted molar refractivity (Wildman–Crippen MR) is 77.8 cm³/mol. The van der Waals surface area contributed by atoms with Gasteiger partial charge >= 0.3 is 0 Å². The summed E-state index contributed by atoms with van der Waals surface area (Å²) in [6.07, 6.45) is 3.22. The van der Waals surface area contributed by atoms with E-state index in [1.54, 1.807) is 13.8 Å². The zero-order valence-corrected chi connectivity index (χ0v) is 12.4. The molecule has 1 rings (SSSR count). The van der Waals surface area contributed by atoms with Gasteiger partial charge in [0.2, 0.25) is 0 Å². The van der Waals surface area contributed by atoms with Gasteiger partial charge in [-0.15, -0.1) is 0 Å². The van der Waals surface area contributed by atoms with Gasteiger partial charge in [-0.1, -0.05) is 13.3 Å². The maximum atomic E-state index is 10.2. The van der Waals surface area contributed by atoms with Gasteiger partial charge in [-0.25, -0.2) is 15.8 Å². The van der Waals surface area contributed by atoms with E-state index in [2.05, 4.69) is 27.6 Å². The number of nitrogens with zero attached hydrogens (tertiary/aromatic N) is 2. The predicted octanol–water partition coefficient (Wildman–Crippen LogP) is 1.68. The van der Waals surface area contributed by atoms with Crippen molar-refractivity contribution in [3.8, 4) is 0 Å². The highest BCUT2D eigenvalue weighted by atomic mass is 16.3. The summed E-state index contributed by atoms with van der Waals surface area (Å²) in [5, 5.41) is 13.5. The number of aromatic nitrogens is 2. The highest BCUT2D eigenvalue weighted by Gasteiger charge is 2.35. The normalized spacial score (nSPS) is 12.4. The van der Waals surface area contributed by atoms with Gasteiger partial charge in [-0.2, -0.15) is 0 Å². The molecule has 0 aliphatic carbocycles. The zero-order valence-electron chi connectivity index (χ0n) is 12.4. The zero-order chi connectivity index (χ0) is 14.7. The average molecular weight is 267 g/mol. The van der Waals surface area contributed by atoms with Crippen molar-refractivity contribution >= 4 is 11.6 Å². The van der Waals surface area contributed by atoms with Gasteiger partial charge in [0.1, 0.15) is 18.0 Å². The van der Waals surface area contributed by atoms with Gasteiger partial charge in [0.05, 0.1) is 11.1 Å². The van der Waals surface area contributed by atoms with Crippen LogP contribution < -0.4 is 16.6 Å². The smallest absolute Gasteiger partial charge is 0.148 e. The first kappa shape index (κ1) is 15.7. The molecular weight excluding hydrogens is 242 g/mol. The first-order valence-corrected chi connectivity index (χ1v) is 6.54. The molecule has 0 aromatic carbocycles. The standard InChI is InChI=1S/C13H25N5O/c1-6-7-9-10(15-8-16-11(9)18-14)17-12(2,3)13(4,5)19/h8,19H,6-7,14H2,1-5H3,(H2,15,16,17,18). The van der Waals surface area contributed by atoms with Gasteiger partial charge in [0.15, 0.2) is 0 Å². The van der Waals surface area contributed by atoms with Crippen molar-refractivity contribution < 1.29 is 5.11 Å². The summed E-state index contributed by atoms with van der Waals surface area (Å²) in [5.74, 6) is 6.80. The lowest BCUT2D eigenvalue weighted by Gasteiger charge is -2.39. The Hall–Kier alpha value is -1.40. The van der Waals surface area contributed by atoms with Crippen LogP contribution >= 0.6 is 0 Å². The number of hydrogen-bond acceptors (Lipinski definition) is 6. The summed E-state index contributed by atoms with van der Waals surface area (Å²) in [6, 6.07) is 0. The second kappa shape index (κ2) is 5.71. The molecule has 0 saturated carbocycles. The van der Waals surface area contributed by atoms with Crippen molar-refractivity contribution in [3.05, 3.63) is 11.9 Å². The number of hydrogen-bond donors (Lipinski definition) is 4. The molecular formula is C13H25N5O. The molecule has 1 aromatic rings. The first-order chi connectivity index (χ1) is 8.73. The van der Waals surface area contributed by atoms with Crippen LogP contribution in [0.2, 0.25) is 0 Å². The first-order valence-electron chi connectivity index (χ1n) is 6.54. The van der Waals surface area contributed by atoms with Crippen LogP contribution in [0, 0.1) is 0 Å². The second-order valence-corrected chi connectivity index (χ2v) is 5.75. The molecule has 5 N–H and O–H groups in total. The van der Waals surface area contributed by atoms with Crippen molar-refractivity contribution in [1.29, 1.82) is 0 Å². The quantitative estimate of drug-likeness (QED) is 0.462. The summed E-state index contributed by atoms with van der Waals surface area (Å²) in [6.45, 7) is 9.48. The Balaban J connectivity index is 3.14. The fourth-order valence-corrected chi connectivity index (χ4v) is 1.58. The van der Waals surface area contributed by atoms with Crippen molar-refractivity contribution in [1.82, 2.24) is 9.97 Å². The van der Waals surface area contributed by atoms with E-state index in [4.69, 9.17) is 5.84 Å². The van der Waals surface area contributed by atoms with E-state index >= 15 is 0 Å². The Bertz CT molecular complexity index is 426. The molecule has 6 nitrogen and oxygen atoms in total. The summed E-state index contributed by atoms with van der Waals surface area (Å²) in [5.41, 5.74) is 2.10. The van der Waals surface area contributed by atoms with E-state index in [1.165, 1.54) is 6.33 Å². The van der Waals surface area contributed by atoms with Crippen LogP contribution in [0.1, 0.15) is 46.6 Å². The third-order valence-electron chi connectivity index (χ3n) is 3.54. The fourth-order valence-electron chi connectivity index (χ4n) is 1.58. The van der Waals surface area contributed by atoms with Crippen LogP contribution in [0.5, 0.6) is 0 Å². The maximum absolute atomic E-state index is 10.2. The van der Waals surface area contributed by atoms with E-state index in [0.717, 1.165) is 18.4 Å². The number of aliphatic hydroxyl groups is 1.